The molecular formula is C18H23N3O6. The molecule has 1 aliphatic heterocycles. The minimum atomic E-state index is -1.01. The van der Waals surface area contributed by atoms with Gasteiger partial charge in [-0.3, -0.25) is 4.79 Å². The third-order valence-electron chi connectivity index (χ3n) is 3.66. The van der Waals surface area contributed by atoms with Crippen LogP contribution in [0.15, 0.2) is 24.0 Å². The van der Waals surface area contributed by atoms with E-state index in [-0.39, 0.29) is 24.5 Å². The Hall–Kier alpha value is -3.23. The number of anilines is 1. The van der Waals surface area contributed by atoms with Crippen molar-refractivity contribution in [2.45, 2.75) is 13.8 Å². The Morgan fingerprint density at radius 3 is 2.26 bits per heavy atom. The van der Waals surface area contributed by atoms with Crippen LogP contribution in [0.2, 0.25) is 0 Å². The van der Waals surface area contributed by atoms with E-state index in [2.05, 4.69) is 16.0 Å². The minimum absolute atomic E-state index is 0.0771. The fourth-order valence-electron chi connectivity index (χ4n) is 2.50. The summed E-state index contributed by atoms with van der Waals surface area (Å²) in [4.78, 5) is 36.3. The molecule has 0 aromatic heterocycles. The largest absolute Gasteiger partial charge is 0.497 e. The molecule has 1 fully saturated rings. The van der Waals surface area contributed by atoms with Crippen molar-refractivity contribution in [2.75, 3.05) is 38.7 Å². The van der Waals surface area contributed by atoms with E-state index in [1.165, 1.54) is 7.11 Å². The molecule has 3 N–H and O–H groups in total. The van der Waals surface area contributed by atoms with Gasteiger partial charge in [0.1, 0.15) is 17.1 Å². The molecule has 0 unspecified atom stereocenters. The van der Waals surface area contributed by atoms with Gasteiger partial charge in [-0.25, -0.2) is 9.59 Å². The molecule has 1 heterocycles. The summed E-state index contributed by atoms with van der Waals surface area (Å²) in [6.45, 7) is 4.83. The molecule has 0 aliphatic carbocycles. The standard InChI is InChI=1S/C18H23N3O6/c1-4-26-17(23)14(15-19-8-9-20-15)12-10-11(25-3)6-7-13(12)21-16(22)18(24)27-5-2/h6-7,10,19-20H,4-5,8-9H2,1-3H3,(H,21,22). The van der Waals surface area contributed by atoms with Crippen LogP contribution in [0, 0.1) is 0 Å². The number of carbonyl (C=O) groups is 3. The number of esters is 2. The second-order valence-electron chi connectivity index (χ2n) is 5.41. The van der Waals surface area contributed by atoms with Crippen molar-refractivity contribution in [3.63, 3.8) is 0 Å². The molecule has 0 atom stereocenters. The van der Waals surface area contributed by atoms with Gasteiger partial charge in [0, 0.05) is 24.3 Å². The van der Waals surface area contributed by atoms with Gasteiger partial charge in [0.2, 0.25) is 0 Å². The lowest BCUT2D eigenvalue weighted by Crippen LogP contribution is -2.26. The van der Waals surface area contributed by atoms with E-state index in [1.54, 1.807) is 32.0 Å². The molecule has 1 aliphatic rings. The van der Waals surface area contributed by atoms with Gasteiger partial charge in [-0.1, -0.05) is 0 Å². The maximum absolute atomic E-state index is 12.6. The van der Waals surface area contributed by atoms with Gasteiger partial charge in [-0.15, -0.1) is 0 Å². The van der Waals surface area contributed by atoms with Crippen molar-refractivity contribution in [2.24, 2.45) is 0 Å². The third kappa shape index (κ3) is 4.90. The lowest BCUT2D eigenvalue weighted by molar-refractivity contribution is -0.152. The quantitative estimate of drug-likeness (QED) is 0.376. The predicted octanol–water partition coefficient (Wildman–Crippen LogP) is 0.621. The smallest absolute Gasteiger partial charge is 0.397 e. The van der Waals surface area contributed by atoms with Crippen LogP contribution in [0.1, 0.15) is 19.4 Å². The fourth-order valence-corrected chi connectivity index (χ4v) is 2.50. The molecule has 9 nitrogen and oxygen atoms in total. The molecule has 1 aromatic carbocycles. The molecule has 1 saturated heterocycles. The number of methoxy groups -OCH3 is 1. The zero-order chi connectivity index (χ0) is 19.8. The van der Waals surface area contributed by atoms with Gasteiger partial charge in [0.05, 0.1) is 20.3 Å². The number of carbonyl (C=O) groups excluding carboxylic acids is 3. The van der Waals surface area contributed by atoms with E-state index >= 15 is 0 Å². The van der Waals surface area contributed by atoms with Crippen molar-refractivity contribution in [3.8, 4) is 5.75 Å². The predicted molar refractivity (Wildman–Crippen MR) is 97.8 cm³/mol. The fraction of sp³-hybridized carbons (Fsp3) is 0.389. The summed E-state index contributed by atoms with van der Waals surface area (Å²) < 4.78 is 15.1. The molecule has 0 bridgehead atoms. The molecule has 1 amide bonds. The van der Waals surface area contributed by atoms with E-state index in [1.807, 2.05) is 0 Å². The summed E-state index contributed by atoms with van der Waals surface area (Å²) in [5.41, 5.74) is 0.801. The molecule has 27 heavy (non-hydrogen) atoms. The lowest BCUT2D eigenvalue weighted by Gasteiger charge is -2.16. The van der Waals surface area contributed by atoms with Gasteiger partial charge in [-0.2, -0.15) is 0 Å². The van der Waals surface area contributed by atoms with Crippen LogP contribution in [-0.2, 0) is 23.9 Å². The highest BCUT2D eigenvalue weighted by molar-refractivity contribution is 6.37. The molecule has 0 saturated carbocycles. The molecule has 1 aromatic rings. The van der Waals surface area contributed by atoms with Crippen LogP contribution in [-0.4, -0.2) is 51.3 Å². The number of hydrogen-bond acceptors (Lipinski definition) is 8. The molecule has 146 valence electrons. The molecule has 9 heteroatoms. The number of hydrogen-bond donors (Lipinski definition) is 3. The highest BCUT2D eigenvalue weighted by Gasteiger charge is 2.26. The maximum atomic E-state index is 12.6. The Kier molecular flexibility index (Phi) is 7.04. The Morgan fingerprint density at radius 1 is 1.04 bits per heavy atom. The summed E-state index contributed by atoms with van der Waals surface area (Å²) in [7, 11) is 1.49. The first-order valence-electron chi connectivity index (χ1n) is 8.57. The first-order valence-corrected chi connectivity index (χ1v) is 8.57. The van der Waals surface area contributed by atoms with Crippen LogP contribution in [0.3, 0.4) is 0 Å². The monoisotopic (exact) mass is 377 g/mol. The zero-order valence-electron chi connectivity index (χ0n) is 15.5. The van der Waals surface area contributed by atoms with Crippen LogP contribution in [0.4, 0.5) is 5.69 Å². The Labute approximate surface area is 157 Å². The maximum Gasteiger partial charge on any atom is 0.397 e. The number of nitrogens with one attached hydrogen (secondary N) is 3. The summed E-state index contributed by atoms with van der Waals surface area (Å²) in [6, 6.07) is 4.73. The van der Waals surface area contributed by atoms with Crippen molar-refractivity contribution in [1.29, 1.82) is 0 Å². The molecular weight excluding hydrogens is 354 g/mol. The first kappa shape index (κ1) is 20.1. The Balaban J connectivity index is 2.50. The highest BCUT2D eigenvalue weighted by Crippen LogP contribution is 2.31. The van der Waals surface area contributed by atoms with Gasteiger partial charge in [0.25, 0.3) is 0 Å². The van der Waals surface area contributed by atoms with Gasteiger partial charge in [-0.05, 0) is 32.0 Å². The molecule has 0 radical (unpaired) electrons. The van der Waals surface area contributed by atoms with Crippen LogP contribution in [0.25, 0.3) is 5.57 Å². The molecule has 2 rings (SSSR count). The topological polar surface area (TPSA) is 115 Å². The summed E-state index contributed by atoms with van der Waals surface area (Å²) in [6.07, 6.45) is 0. The average Bonchev–Trinajstić information content (AvgIpc) is 3.17. The highest BCUT2D eigenvalue weighted by atomic mass is 16.5. The number of rotatable bonds is 6. The number of amides is 1. The average molecular weight is 377 g/mol. The van der Waals surface area contributed by atoms with Gasteiger partial charge in [0.15, 0.2) is 0 Å². The first-order chi connectivity index (χ1) is 13.0. The molecule has 0 spiro atoms. The van der Waals surface area contributed by atoms with Gasteiger partial charge < -0.3 is 30.2 Å². The van der Waals surface area contributed by atoms with Crippen LogP contribution < -0.4 is 20.7 Å². The summed E-state index contributed by atoms with van der Waals surface area (Å²) >= 11 is 0. The summed E-state index contributed by atoms with van der Waals surface area (Å²) in [5, 5.41) is 8.64. The van der Waals surface area contributed by atoms with E-state index in [0.29, 0.717) is 30.2 Å². The SMILES string of the molecule is CCOC(=O)C(=O)Nc1ccc(OC)cc1C(C(=O)OCC)=C1NCCN1. The lowest BCUT2D eigenvalue weighted by atomic mass is 10.0. The van der Waals surface area contributed by atoms with E-state index in [9.17, 15) is 14.4 Å². The van der Waals surface area contributed by atoms with Crippen molar-refractivity contribution >= 4 is 29.1 Å². The Bertz CT molecular complexity index is 751. The van der Waals surface area contributed by atoms with Crippen LogP contribution in [0.5, 0.6) is 5.75 Å². The number of ether oxygens (including phenoxy) is 3. The minimum Gasteiger partial charge on any atom is -0.497 e. The van der Waals surface area contributed by atoms with Crippen molar-refractivity contribution in [3.05, 3.63) is 29.6 Å². The van der Waals surface area contributed by atoms with Crippen molar-refractivity contribution < 1.29 is 28.6 Å². The van der Waals surface area contributed by atoms with E-state index < -0.39 is 17.8 Å². The normalized spacial score (nSPS) is 12.5. The summed E-state index contributed by atoms with van der Waals surface area (Å²) in [5.74, 6) is -1.58. The Morgan fingerprint density at radius 2 is 1.67 bits per heavy atom. The van der Waals surface area contributed by atoms with Gasteiger partial charge >= 0.3 is 17.8 Å². The van der Waals surface area contributed by atoms with E-state index in [0.717, 1.165) is 0 Å². The second-order valence-corrected chi connectivity index (χ2v) is 5.41. The third-order valence-corrected chi connectivity index (χ3v) is 3.66. The zero-order valence-corrected chi connectivity index (χ0v) is 15.5. The van der Waals surface area contributed by atoms with Crippen molar-refractivity contribution in [1.82, 2.24) is 10.6 Å². The second kappa shape index (κ2) is 9.46. The van der Waals surface area contributed by atoms with Crippen LogP contribution >= 0.6 is 0 Å². The number of benzene rings is 1. The van der Waals surface area contributed by atoms with E-state index in [4.69, 9.17) is 14.2 Å².